The van der Waals surface area contributed by atoms with Crippen LogP contribution in [0.4, 0.5) is 34.0 Å². The summed E-state index contributed by atoms with van der Waals surface area (Å²) >= 11 is 0. The van der Waals surface area contributed by atoms with Gasteiger partial charge in [-0.25, -0.2) is 19.2 Å². The van der Waals surface area contributed by atoms with Gasteiger partial charge in [0.15, 0.2) is 5.82 Å². The standard InChI is InChI=1S/C37H43F4N9O4/c1-19-14-36(8-7-22(50(36)15-19)17-53-35(51)48-9-11-52-12-10-48)18-54-34-46-30-27-24(5-6-25-23-4-3-21(43-23)16-49(25)33(27)47-34)44-32(29(30)38)31-28(37(39,40)41)20(2)13-26(42)45-31/h13,21-23,25,43H,1,3-12,14-18H2,2H3,(H2,42,45)/t21?,22-,23?,25?,36-/m0/s1. The van der Waals surface area contributed by atoms with Crippen LogP contribution >= 0.6 is 0 Å². The Balaban J connectivity index is 1.08. The molecule has 5 atom stereocenters. The summed E-state index contributed by atoms with van der Waals surface area (Å²) in [4.78, 5) is 37.0. The molecule has 5 saturated heterocycles. The Bertz CT molecular complexity index is 2030. The first-order valence-corrected chi connectivity index (χ1v) is 18.7. The zero-order valence-corrected chi connectivity index (χ0v) is 30.1. The van der Waals surface area contributed by atoms with Crippen LogP contribution in [-0.4, -0.2) is 118 Å². The predicted molar refractivity (Wildman–Crippen MR) is 190 cm³/mol. The molecule has 5 fully saturated rings. The van der Waals surface area contributed by atoms with Gasteiger partial charge in [0.2, 0.25) is 0 Å². The summed E-state index contributed by atoms with van der Waals surface area (Å²) in [7, 11) is 0. The van der Waals surface area contributed by atoms with Gasteiger partial charge in [-0.15, -0.1) is 0 Å². The van der Waals surface area contributed by atoms with Gasteiger partial charge in [0.1, 0.15) is 41.8 Å². The van der Waals surface area contributed by atoms with Gasteiger partial charge in [-0.2, -0.15) is 23.1 Å². The molecule has 0 saturated carbocycles. The number of rotatable bonds is 6. The Labute approximate surface area is 309 Å². The fourth-order valence-electron chi connectivity index (χ4n) is 9.77. The second kappa shape index (κ2) is 13.2. The number of nitrogens with one attached hydrogen (secondary N) is 1. The Hall–Kier alpha value is -4.35. The van der Waals surface area contributed by atoms with Crippen molar-refractivity contribution in [3.05, 3.63) is 40.9 Å². The molecule has 3 unspecified atom stereocenters. The van der Waals surface area contributed by atoms with E-state index in [1.807, 2.05) is 0 Å². The molecule has 3 N–H and O–H groups in total. The number of morpholine rings is 1. The van der Waals surface area contributed by atoms with Crippen molar-refractivity contribution < 1.29 is 36.6 Å². The smallest absolute Gasteiger partial charge is 0.418 e. The van der Waals surface area contributed by atoms with Gasteiger partial charge in [-0.05, 0) is 63.5 Å². The van der Waals surface area contributed by atoms with E-state index in [0.29, 0.717) is 75.6 Å². The normalized spacial score (nSPS) is 28.0. The van der Waals surface area contributed by atoms with Crippen LogP contribution < -0.4 is 20.7 Å². The second-order valence-corrected chi connectivity index (χ2v) is 15.6. The second-order valence-electron chi connectivity index (χ2n) is 15.6. The number of carbonyl (C=O) groups excluding carboxylic acids is 1. The van der Waals surface area contributed by atoms with Crippen LogP contribution in [0, 0.1) is 12.7 Å². The van der Waals surface area contributed by atoms with Crippen molar-refractivity contribution in [2.24, 2.45) is 0 Å². The molecule has 13 nitrogen and oxygen atoms in total. The summed E-state index contributed by atoms with van der Waals surface area (Å²) in [6.07, 6.45) is -0.0601. The lowest BCUT2D eigenvalue weighted by Crippen LogP contribution is -2.58. The van der Waals surface area contributed by atoms with Crippen LogP contribution in [0.2, 0.25) is 0 Å². The molecule has 0 aliphatic carbocycles. The van der Waals surface area contributed by atoms with E-state index in [0.717, 1.165) is 37.3 Å². The molecule has 3 aromatic heterocycles. The Kier molecular flexibility index (Phi) is 8.61. The number of hydrogen-bond donors (Lipinski definition) is 2. The maximum atomic E-state index is 17.0. The maximum absolute atomic E-state index is 17.0. The summed E-state index contributed by atoms with van der Waals surface area (Å²) < 4.78 is 78.0. The number of nitrogens with two attached hydrogens (primary N) is 1. The molecule has 0 radical (unpaired) electrons. The molecule has 1 amide bonds. The first-order valence-electron chi connectivity index (χ1n) is 18.7. The van der Waals surface area contributed by atoms with Crippen molar-refractivity contribution in [1.29, 1.82) is 0 Å². The highest BCUT2D eigenvalue weighted by molar-refractivity contribution is 5.95. The van der Waals surface area contributed by atoms with Crippen LogP contribution in [-0.2, 0) is 22.1 Å². The van der Waals surface area contributed by atoms with Gasteiger partial charge in [0.25, 0.3) is 0 Å². The van der Waals surface area contributed by atoms with Crippen LogP contribution in [0.25, 0.3) is 22.3 Å². The Morgan fingerprint density at radius 2 is 1.94 bits per heavy atom. The summed E-state index contributed by atoms with van der Waals surface area (Å²) in [5, 5.41) is 4.07. The average molecular weight is 754 g/mol. The molecular weight excluding hydrogens is 710 g/mol. The van der Waals surface area contributed by atoms with Crippen molar-refractivity contribution in [3.63, 3.8) is 0 Å². The number of aryl methyl sites for hydroxylation is 2. The minimum Gasteiger partial charge on any atom is -0.461 e. The van der Waals surface area contributed by atoms with Crippen LogP contribution in [0.3, 0.4) is 0 Å². The Morgan fingerprint density at radius 1 is 1.13 bits per heavy atom. The van der Waals surface area contributed by atoms with Gasteiger partial charge < -0.3 is 35.1 Å². The van der Waals surface area contributed by atoms with Crippen molar-refractivity contribution >= 4 is 28.6 Å². The van der Waals surface area contributed by atoms with Gasteiger partial charge >= 0.3 is 18.3 Å². The molecule has 9 heterocycles. The summed E-state index contributed by atoms with van der Waals surface area (Å²) in [5.41, 5.74) is 4.21. The predicted octanol–water partition coefficient (Wildman–Crippen LogP) is 4.40. The largest absolute Gasteiger partial charge is 0.461 e. The van der Waals surface area contributed by atoms with Crippen molar-refractivity contribution in [2.45, 2.75) is 87.8 Å². The lowest BCUT2D eigenvalue weighted by molar-refractivity contribution is -0.137. The third-order valence-corrected chi connectivity index (χ3v) is 12.2. The lowest BCUT2D eigenvalue weighted by atomic mass is 9.94. The molecule has 6 aliphatic rings. The highest BCUT2D eigenvalue weighted by Crippen LogP contribution is 2.46. The number of ether oxygens (including phenoxy) is 3. The van der Waals surface area contributed by atoms with E-state index in [9.17, 15) is 18.0 Å². The third kappa shape index (κ3) is 5.98. The van der Waals surface area contributed by atoms with Crippen LogP contribution in [0.5, 0.6) is 6.01 Å². The number of piperazine rings is 1. The molecule has 54 heavy (non-hydrogen) atoms. The number of alkyl halides is 3. The molecule has 17 heteroatoms. The number of hydrogen-bond acceptors (Lipinski definition) is 12. The molecule has 3 aromatic rings. The number of aromatic nitrogens is 4. The fraction of sp³-hybridized carbons (Fsp3) is 0.595. The number of amides is 1. The number of halogens is 4. The zero-order chi connectivity index (χ0) is 37.5. The monoisotopic (exact) mass is 753 g/mol. The zero-order valence-electron chi connectivity index (χ0n) is 30.1. The minimum absolute atomic E-state index is 0.0110. The number of anilines is 2. The molecular formula is C37H43F4N9O4. The van der Waals surface area contributed by atoms with Crippen LogP contribution in [0.15, 0.2) is 18.2 Å². The molecule has 288 valence electrons. The minimum atomic E-state index is -4.84. The number of fused-ring (bicyclic) bond motifs is 6. The molecule has 2 bridgehead atoms. The average Bonchev–Trinajstić information content (AvgIpc) is 3.75. The van der Waals surface area contributed by atoms with E-state index in [-0.39, 0.29) is 66.4 Å². The first-order chi connectivity index (χ1) is 25.9. The van der Waals surface area contributed by atoms with E-state index in [2.05, 4.69) is 36.6 Å². The molecule has 9 rings (SSSR count). The van der Waals surface area contributed by atoms with Gasteiger partial charge in [-0.3, -0.25) is 4.90 Å². The number of nitrogen functional groups attached to an aromatic ring is 1. The highest BCUT2D eigenvalue weighted by Gasteiger charge is 2.52. The van der Waals surface area contributed by atoms with E-state index in [4.69, 9.17) is 24.9 Å². The molecule has 0 spiro atoms. The number of pyridine rings is 2. The topological polar surface area (TPSA) is 144 Å². The molecule has 6 aliphatic heterocycles. The maximum Gasteiger partial charge on any atom is 0.418 e. The third-order valence-electron chi connectivity index (χ3n) is 12.2. The van der Waals surface area contributed by atoms with Crippen molar-refractivity contribution in [3.8, 4) is 17.4 Å². The van der Waals surface area contributed by atoms with E-state index in [1.54, 1.807) is 4.90 Å². The van der Waals surface area contributed by atoms with Gasteiger partial charge in [0, 0.05) is 50.3 Å². The summed E-state index contributed by atoms with van der Waals surface area (Å²) in [5.74, 6) is -0.748. The summed E-state index contributed by atoms with van der Waals surface area (Å²) in [6.45, 7) is 9.09. The van der Waals surface area contributed by atoms with Crippen molar-refractivity contribution in [1.82, 2.24) is 35.1 Å². The first kappa shape index (κ1) is 35.4. The molecule has 0 aromatic carbocycles. The quantitative estimate of drug-likeness (QED) is 0.272. The van der Waals surface area contributed by atoms with Crippen molar-refractivity contribution in [2.75, 3.05) is 63.2 Å². The van der Waals surface area contributed by atoms with E-state index in [1.165, 1.54) is 6.92 Å². The van der Waals surface area contributed by atoms with Gasteiger partial charge in [0.05, 0.1) is 35.4 Å². The van der Waals surface area contributed by atoms with Crippen LogP contribution in [0.1, 0.15) is 55.3 Å². The fourth-order valence-corrected chi connectivity index (χ4v) is 9.77. The Morgan fingerprint density at radius 3 is 2.74 bits per heavy atom. The van der Waals surface area contributed by atoms with E-state index >= 15 is 4.39 Å². The number of carbonyl (C=O) groups is 1. The lowest BCUT2D eigenvalue weighted by Gasteiger charge is -2.41. The highest BCUT2D eigenvalue weighted by atomic mass is 19.4. The number of nitrogens with zero attached hydrogens (tertiary/aromatic N) is 7. The summed E-state index contributed by atoms with van der Waals surface area (Å²) in [6, 6.07) is 1.40. The van der Waals surface area contributed by atoms with E-state index < -0.39 is 34.5 Å². The SMILES string of the molecule is C=C1CN2[C@H](COC(=O)N3CCOCC3)CC[C@@]2(COc2nc3c4c(nc(-c5nc(N)cc(C)c5C(F)(F)F)c(F)c4n2)CCC2C4CCC(CN32)N4)C1. The van der Waals surface area contributed by atoms with Gasteiger partial charge in [-0.1, -0.05) is 12.2 Å².